The summed E-state index contributed by atoms with van der Waals surface area (Å²) in [5, 5.41) is 5.10. The molecule has 0 amide bonds. The molecule has 8 nitrogen and oxygen atoms in total. The van der Waals surface area contributed by atoms with Crippen molar-refractivity contribution in [1.82, 2.24) is 9.97 Å². The number of H-pyrrole nitrogens is 2. The Kier molecular flexibility index (Phi) is 4.97. The Morgan fingerprint density at radius 1 is 1.00 bits per heavy atom. The van der Waals surface area contributed by atoms with Crippen molar-refractivity contribution in [3.8, 4) is 11.5 Å². The molecule has 0 spiro atoms. The van der Waals surface area contributed by atoms with Gasteiger partial charge in [-0.1, -0.05) is 12.1 Å². The number of allylic oxidation sites excluding steroid dienone is 2. The summed E-state index contributed by atoms with van der Waals surface area (Å²) in [7, 11) is 3.16. The van der Waals surface area contributed by atoms with E-state index in [0.717, 1.165) is 16.1 Å². The highest BCUT2D eigenvalue weighted by Gasteiger charge is 2.40. The summed E-state index contributed by atoms with van der Waals surface area (Å²) >= 11 is 1.48. The van der Waals surface area contributed by atoms with E-state index in [2.05, 4.69) is 15.3 Å². The molecule has 9 heteroatoms. The van der Waals surface area contributed by atoms with Crippen LogP contribution in [0.3, 0.4) is 0 Å². The van der Waals surface area contributed by atoms with Gasteiger partial charge in [-0.2, -0.15) is 0 Å². The highest BCUT2D eigenvalue weighted by molar-refractivity contribution is 7.10. The number of rotatable bonds is 4. The lowest BCUT2D eigenvalue weighted by atomic mass is 9.74. The fourth-order valence-electron chi connectivity index (χ4n) is 4.63. The number of aromatic amines is 2. The lowest BCUT2D eigenvalue weighted by Gasteiger charge is -2.35. The zero-order valence-electron chi connectivity index (χ0n) is 17.5. The van der Waals surface area contributed by atoms with Gasteiger partial charge in [-0.25, -0.2) is 4.79 Å². The van der Waals surface area contributed by atoms with Crippen molar-refractivity contribution >= 4 is 22.9 Å². The minimum Gasteiger partial charge on any atom is -0.493 e. The van der Waals surface area contributed by atoms with Crippen LogP contribution in [0.15, 0.2) is 56.6 Å². The minimum absolute atomic E-state index is 0.0202. The lowest BCUT2D eigenvalue weighted by molar-refractivity contribution is -0.116. The Labute approximate surface area is 186 Å². The van der Waals surface area contributed by atoms with Crippen LogP contribution in [-0.2, 0) is 4.79 Å². The molecular formula is C23H21N3O5S. The van der Waals surface area contributed by atoms with Crippen LogP contribution in [0.5, 0.6) is 11.5 Å². The summed E-state index contributed by atoms with van der Waals surface area (Å²) in [5.41, 5.74) is 1.57. The van der Waals surface area contributed by atoms with Gasteiger partial charge in [0, 0.05) is 22.6 Å². The Hall–Kier alpha value is -3.59. The summed E-state index contributed by atoms with van der Waals surface area (Å²) in [6.07, 6.45) is 0.876. The first-order valence-corrected chi connectivity index (χ1v) is 11.0. The van der Waals surface area contributed by atoms with Gasteiger partial charge in [0.25, 0.3) is 5.56 Å². The smallest absolute Gasteiger partial charge is 0.327 e. The molecule has 0 fully saturated rings. The number of ether oxygens (including phenoxy) is 2. The van der Waals surface area contributed by atoms with E-state index < -0.39 is 17.2 Å². The van der Waals surface area contributed by atoms with Gasteiger partial charge in [0.1, 0.15) is 5.82 Å². The number of carbonyl (C=O) groups excluding carboxylic acids is 1. The van der Waals surface area contributed by atoms with Crippen LogP contribution in [0.2, 0.25) is 0 Å². The zero-order chi connectivity index (χ0) is 22.4. The second kappa shape index (κ2) is 7.83. The Balaban J connectivity index is 1.61. The average molecular weight is 452 g/mol. The first-order valence-electron chi connectivity index (χ1n) is 10.1. The number of thiophene rings is 1. The lowest BCUT2D eigenvalue weighted by Crippen LogP contribution is -2.36. The predicted octanol–water partition coefficient (Wildman–Crippen LogP) is 3.10. The topological polar surface area (TPSA) is 113 Å². The molecule has 0 bridgehead atoms. The molecule has 0 unspecified atom stereocenters. The number of ketones is 1. The molecule has 2 aliphatic rings. The van der Waals surface area contributed by atoms with E-state index in [-0.39, 0.29) is 11.7 Å². The van der Waals surface area contributed by atoms with Crippen LogP contribution in [0.4, 0.5) is 5.82 Å². The first-order chi connectivity index (χ1) is 15.5. The van der Waals surface area contributed by atoms with Gasteiger partial charge in [-0.3, -0.25) is 19.6 Å². The number of aromatic nitrogens is 2. The first kappa shape index (κ1) is 20.3. The van der Waals surface area contributed by atoms with Gasteiger partial charge < -0.3 is 14.8 Å². The van der Waals surface area contributed by atoms with Gasteiger partial charge in [-0.05, 0) is 41.5 Å². The maximum absolute atomic E-state index is 13.5. The van der Waals surface area contributed by atoms with E-state index in [1.165, 1.54) is 11.3 Å². The van der Waals surface area contributed by atoms with Gasteiger partial charge >= 0.3 is 5.69 Å². The van der Waals surface area contributed by atoms with Crippen molar-refractivity contribution in [3.05, 3.63) is 83.8 Å². The molecule has 3 aromatic rings. The molecule has 3 heterocycles. The van der Waals surface area contributed by atoms with Crippen LogP contribution in [0.25, 0.3) is 0 Å². The number of hydrogen-bond acceptors (Lipinski definition) is 7. The molecule has 32 heavy (non-hydrogen) atoms. The minimum atomic E-state index is -0.589. The van der Waals surface area contributed by atoms with Crippen LogP contribution in [-0.4, -0.2) is 30.0 Å². The van der Waals surface area contributed by atoms with Crippen molar-refractivity contribution in [2.45, 2.75) is 24.7 Å². The van der Waals surface area contributed by atoms with Crippen molar-refractivity contribution in [1.29, 1.82) is 0 Å². The quantitative estimate of drug-likeness (QED) is 0.562. The number of anilines is 1. The highest BCUT2D eigenvalue weighted by Crippen LogP contribution is 2.47. The largest absolute Gasteiger partial charge is 0.493 e. The van der Waals surface area contributed by atoms with E-state index in [4.69, 9.17) is 9.47 Å². The molecule has 164 valence electrons. The summed E-state index contributed by atoms with van der Waals surface area (Å²) < 4.78 is 10.7. The maximum atomic E-state index is 13.5. The number of methoxy groups -OCH3 is 2. The van der Waals surface area contributed by atoms with Crippen LogP contribution in [0, 0.1) is 0 Å². The Morgan fingerprint density at radius 2 is 1.81 bits per heavy atom. The fourth-order valence-corrected chi connectivity index (χ4v) is 5.48. The molecule has 2 aromatic heterocycles. The van der Waals surface area contributed by atoms with Gasteiger partial charge in [0.05, 0.1) is 25.7 Å². The summed E-state index contributed by atoms with van der Waals surface area (Å²) in [6.45, 7) is 0. The van der Waals surface area contributed by atoms with Crippen molar-refractivity contribution in [2.75, 3.05) is 19.5 Å². The third-order valence-electron chi connectivity index (χ3n) is 6.05. The standard InChI is InChI=1S/C23H21N3O5S/c1-30-15-6-5-11(10-16(15)31-2)12-8-13-18(14(27)9-12)19(17-4-3-7-32-17)20-21(24-13)25-23(29)26-22(20)28/h3-7,10,12,19H,8-9H2,1-2H3,(H3,24,25,26,28,29)/t12-,19+/m1/s1. The SMILES string of the molecule is COc1ccc([C@H]2CC(=O)C3=C(C2)Nc2[nH]c(=O)[nH]c(=O)c2[C@H]3c2cccs2)cc1OC. The van der Waals surface area contributed by atoms with Crippen LogP contribution >= 0.6 is 11.3 Å². The third-order valence-corrected chi connectivity index (χ3v) is 6.98. The molecule has 1 aliphatic heterocycles. The average Bonchev–Trinajstić information content (AvgIpc) is 3.31. The van der Waals surface area contributed by atoms with Crippen molar-refractivity contribution < 1.29 is 14.3 Å². The monoisotopic (exact) mass is 451 g/mol. The molecule has 3 N–H and O–H groups in total. The zero-order valence-corrected chi connectivity index (χ0v) is 18.3. The molecule has 5 rings (SSSR count). The molecule has 2 atom stereocenters. The van der Waals surface area contributed by atoms with Crippen LogP contribution in [0.1, 0.15) is 40.7 Å². The van der Waals surface area contributed by atoms with Crippen molar-refractivity contribution in [3.63, 3.8) is 0 Å². The number of fused-ring (bicyclic) bond motifs is 1. The second-order valence-electron chi connectivity index (χ2n) is 7.81. The highest BCUT2D eigenvalue weighted by atomic mass is 32.1. The van der Waals surface area contributed by atoms with E-state index in [0.29, 0.717) is 41.3 Å². The van der Waals surface area contributed by atoms with Gasteiger partial charge in [0.15, 0.2) is 17.3 Å². The molecule has 0 radical (unpaired) electrons. The predicted molar refractivity (Wildman–Crippen MR) is 121 cm³/mol. The van der Waals surface area contributed by atoms with E-state index in [1.807, 2.05) is 35.7 Å². The molecule has 0 saturated carbocycles. The molecular weight excluding hydrogens is 430 g/mol. The number of hydrogen-bond donors (Lipinski definition) is 3. The van der Waals surface area contributed by atoms with E-state index in [9.17, 15) is 14.4 Å². The molecule has 1 aliphatic carbocycles. The molecule has 0 saturated heterocycles. The van der Waals surface area contributed by atoms with Crippen LogP contribution < -0.4 is 26.0 Å². The molecule has 1 aromatic carbocycles. The Bertz CT molecular complexity index is 1350. The van der Waals surface area contributed by atoms with E-state index in [1.54, 1.807) is 14.2 Å². The van der Waals surface area contributed by atoms with E-state index >= 15 is 0 Å². The summed E-state index contributed by atoms with van der Waals surface area (Å²) in [6, 6.07) is 9.46. The number of nitrogens with one attached hydrogen (secondary N) is 3. The summed E-state index contributed by atoms with van der Waals surface area (Å²) in [4.78, 5) is 44.0. The third kappa shape index (κ3) is 3.25. The normalized spacial score (nSPS) is 19.8. The Morgan fingerprint density at radius 3 is 2.53 bits per heavy atom. The maximum Gasteiger partial charge on any atom is 0.327 e. The fraction of sp³-hybridized carbons (Fsp3) is 0.261. The second-order valence-corrected chi connectivity index (χ2v) is 8.78. The number of Topliss-reactive ketones (excluding diaryl/α,β-unsaturated/α-hetero) is 1. The van der Waals surface area contributed by atoms with Crippen molar-refractivity contribution in [2.24, 2.45) is 0 Å². The number of benzene rings is 1. The summed E-state index contributed by atoms with van der Waals surface area (Å²) in [5.74, 6) is 0.961. The van der Waals surface area contributed by atoms with Gasteiger partial charge in [-0.15, -0.1) is 11.3 Å². The van der Waals surface area contributed by atoms with Gasteiger partial charge in [0.2, 0.25) is 0 Å². The number of carbonyl (C=O) groups is 1.